The third kappa shape index (κ3) is 4.07. The first kappa shape index (κ1) is 18.7. The van der Waals surface area contributed by atoms with Gasteiger partial charge < -0.3 is 9.64 Å². The second kappa shape index (κ2) is 6.70. The predicted octanol–water partition coefficient (Wildman–Crippen LogP) is 4.83. The molecule has 0 fully saturated rings. The summed E-state index contributed by atoms with van der Waals surface area (Å²) in [6, 6.07) is 9.39. The first-order chi connectivity index (χ1) is 11.5. The summed E-state index contributed by atoms with van der Waals surface area (Å²) in [4.78, 5) is 13.1. The van der Waals surface area contributed by atoms with E-state index >= 15 is 0 Å². The Hall–Kier alpha value is -2.64. The molecule has 0 N–H and O–H groups in total. The lowest BCUT2D eigenvalue weighted by atomic mass is 10.1. The summed E-state index contributed by atoms with van der Waals surface area (Å²) in [6.45, 7) is 0. The van der Waals surface area contributed by atoms with Crippen LogP contribution in [0.5, 0.6) is 11.5 Å². The first-order valence-electron chi connectivity index (χ1n) is 7.07. The number of hydrogen-bond acceptors (Lipinski definition) is 2. The van der Waals surface area contributed by atoms with Crippen molar-refractivity contribution in [3.63, 3.8) is 0 Å². The lowest BCUT2D eigenvalue weighted by Gasteiger charge is -2.20. The summed E-state index contributed by atoms with van der Waals surface area (Å²) in [5.74, 6) is -4.73. The van der Waals surface area contributed by atoms with Crippen molar-refractivity contribution in [1.29, 1.82) is 0 Å². The van der Waals surface area contributed by atoms with Crippen molar-refractivity contribution < 1.29 is 31.5 Å². The standard InChI is InChI=1S/C17H14F5NO2/c1-23(2)15(24)11-3-7-13(8-4-11)25-14-9-5-12(6-10-14)16(18,19)17(20,21)22/h3-10H,1-2H3. The molecule has 0 unspecified atom stereocenters. The average Bonchev–Trinajstić information content (AvgIpc) is 2.54. The molecule has 0 atom stereocenters. The van der Waals surface area contributed by atoms with Crippen LogP contribution in [0, 0.1) is 0 Å². The summed E-state index contributed by atoms with van der Waals surface area (Å²) in [7, 11) is 3.20. The van der Waals surface area contributed by atoms with Crippen molar-refractivity contribution >= 4 is 5.91 Å². The molecule has 2 rings (SSSR count). The molecule has 0 spiro atoms. The molecule has 8 heteroatoms. The summed E-state index contributed by atoms with van der Waals surface area (Å²) >= 11 is 0. The second-order valence-electron chi connectivity index (χ2n) is 5.42. The minimum absolute atomic E-state index is 0.0911. The van der Waals surface area contributed by atoms with Crippen LogP contribution in [0.2, 0.25) is 0 Å². The van der Waals surface area contributed by atoms with Crippen LogP contribution in [0.15, 0.2) is 48.5 Å². The Labute approximate surface area is 140 Å². The molecule has 0 aliphatic heterocycles. The number of alkyl halides is 5. The SMILES string of the molecule is CN(C)C(=O)c1ccc(Oc2ccc(C(F)(F)C(F)(F)F)cc2)cc1. The van der Waals surface area contributed by atoms with Gasteiger partial charge in [-0.05, 0) is 48.5 Å². The van der Waals surface area contributed by atoms with Crippen LogP contribution in [0.1, 0.15) is 15.9 Å². The van der Waals surface area contributed by atoms with E-state index in [1.807, 2.05) is 0 Å². The van der Waals surface area contributed by atoms with Crippen LogP contribution in [0.3, 0.4) is 0 Å². The van der Waals surface area contributed by atoms with Crippen molar-refractivity contribution in [3.8, 4) is 11.5 Å². The maximum absolute atomic E-state index is 13.2. The van der Waals surface area contributed by atoms with E-state index in [2.05, 4.69) is 0 Å². The van der Waals surface area contributed by atoms with E-state index in [9.17, 15) is 26.7 Å². The Kier molecular flexibility index (Phi) is 5.01. The van der Waals surface area contributed by atoms with Gasteiger partial charge in [0.25, 0.3) is 5.91 Å². The molecule has 0 aliphatic rings. The highest BCUT2D eigenvalue weighted by atomic mass is 19.4. The molecular weight excluding hydrogens is 345 g/mol. The fourth-order valence-electron chi connectivity index (χ4n) is 1.96. The van der Waals surface area contributed by atoms with Crippen molar-refractivity contribution in [3.05, 3.63) is 59.7 Å². The zero-order valence-electron chi connectivity index (χ0n) is 13.3. The molecule has 1 amide bonds. The molecule has 2 aromatic carbocycles. The van der Waals surface area contributed by atoms with Crippen LogP contribution in [0.25, 0.3) is 0 Å². The molecule has 3 nitrogen and oxygen atoms in total. The number of halogens is 5. The van der Waals surface area contributed by atoms with Gasteiger partial charge in [-0.1, -0.05) is 0 Å². The molecule has 0 saturated carbocycles. The zero-order valence-corrected chi connectivity index (χ0v) is 13.3. The highest BCUT2D eigenvalue weighted by molar-refractivity contribution is 5.93. The van der Waals surface area contributed by atoms with E-state index in [-0.39, 0.29) is 11.7 Å². The molecule has 0 bridgehead atoms. The minimum atomic E-state index is -5.66. The third-order valence-corrected chi connectivity index (χ3v) is 3.32. The quantitative estimate of drug-likeness (QED) is 0.732. The van der Waals surface area contributed by atoms with Gasteiger partial charge in [0, 0.05) is 25.2 Å². The molecular formula is C17H14F5NO2. The van der Waals surface area contributed by atoms with Crippen molar-refractivity contribution in [2.45, 2.75) is 12.1 Å². The number of rotatable bonds is 4. The Morgan fingerprint density at radius 3 is 1.68 bits per heavy atom. The minimum Gasteiger partial charge on any atom is -0.457 e. The Morgan fingerprint density at radius 1 is 0.840 bits per heavy atom. The van der Waals surface area contributed by atoms with Gasteiger partial charge >= 0.3 is 12.1 Å². The van der Waals surface area contributed by atoms with Crippen molar-refractivity contribution in [2.75, 3.05) is 14.1 Å². The van der Waals surface area contributed by atoms with Gasteiger partial charge in [-0.25, -0.2) is 0 Å². The maximum Gasteiger partial charge on any atom is 0.458 e. The van der Waals surface area contributed by atoms with Crippen LogP contribution >= 0.6 is 0 Å². The summed E-state index contributed by atoms with van der Waals surface area (Å²) in [5, 5.41) is 0. The van der Waals surface area contributed by atoms with Gasteiger partial charge in [0.15, 0.2) is 0 Å². The van der Waals surface area contributed by atoms with E-state index in [4.69, 9.17) is 4.74 Å². The Balaban J connectivity index is 2.13. The predicted molar refractivity (Wildman–Crippen MR) is 80.9 cm³/mol. The molecule has 25 heavy (non-hydrogen) atoms. The summed E-state index contributed by atoms with van der Waals surface area (Å²) in [5.41, 5.74) is -0.739. The van der Waals surface area contributed by atoms with Gasteiger partial charge in [0.1, 0.15) is 11.5 Å². The van der Waals surface area contributed by atoms with Crippen LogP contribution in [-0.4, -0.2) is 31.1 Å². The number of benzene rings is 2. The number of carbonyl (C=O) groups excluding carboxylic acids is 1. The number of carbonyl (C=O) groups is 1. The van der Waals surface area contributed by atoms with Crippen LogP contribution in [-0.2, 0) is 5.92 Å². The highest BCUT2D eigenvalue weighted by Gasteiger charge is 2.58. The molecule has 0 saturated heterocycles. The lowest BCUT2D eigenvalue weighted by molar-refractivity contribution is -0.289. The molecule has 2 aromatic rings. The largest absolute Gasteiger partial charge is 0.458 e. The summed E-state index contributed by atoms with van der Waals surface area (Å²) in [6.07, 6.45) is -5.66. The monoisotopic (exact) mass is 359 g/mol. The Bertz CT molecular complexity index is 737. The highest BCUT2D eigenvalue weighted by Crippen LogP contribution is 2.44. The second-order valence-corrected chi connectivity index (χ2v) is 5.42. The number of ether oxygens (including phenoxy) is 1. The molecule has 0 radical (unpaired) electrons. The molecule has 0 heterocycles. The Morgan fingerprint density at radius 2 is 1.28 bits per heavy atom. The van der Waals surface area contributed by atoms with Crippen molar-refractivity contribution in [2.24, 2.45) is 0 Å². The topological polar surface area (TPSA) is 29.5 Å². The van der Waals surface area contributed by atoms with E-state index in [1.165, 1.54) is 29.2 Å². The molecule has 0 aliphatic carbocycles. The van der Waals surface area contributed by atoms with Gasteiger partial charge in [-0.3, -0.25) is 4.79 Å². The first-order valence-corrected chi connectivity index (χ1v) is 7.07. The van der Waals surface area contributed by atoms with Gasteiger partial charge in [-0.15, -0.1) is 0 Å². The number of amides is 1. The van der Waals surface area contributed by atoms with E-state index in [0.717, 1.165) is 12.1 Å². The van der Waals surface area contributed by atoms with Crippen LogP contribution in [0.4, 0.5) is 22.0 Å². The van der Waals surface area contributed by atoms with E-state index < -0.39 is 17.7 Å². The van der Waals surface area contributed by atoms with Gasteiger partial charge in [0.05, 0.1) is 0 Å². The van der Waals surface area contributed by atoms with E-state index in [0.29, 0.717) is 23.4 Å². The van der Waals surface area contributed by atoms with Crippen molar-refractivity contribution in [1.82, 2.24) is 4.90 Å². The molecule has 134 valence electrons. The van der Waals surface area contributed by atoms with Gasteiger partial charge in [0.2, 0.25) is 0 Å². The fourth-order valence-corrected chi connectivity index (χ4v) is 1.96. The number of nitrogens with zero attached hydrogens (tertiary/aromatic N) is 1. The normalized spacial score (nSPS) is 12.0. The fraction of sp³-hybridized carbons (Fsp3) is 0.235. The van der Waals surface area contributed by atoms with Gasteiger partial charge in [-0.2, -0.15) is 22.0 Å². The zero-order chi connectivity index (χ0) is 18.8. The lowest BCUT2D eigenvalue weighted by Crippen LogP contribution is -2.33. The average molecular weight is 359 g/mol. The van der Waals surface area contributed by atoms with E-state index in [1.54, 1.807) is 14.1 Å². The maximum atomic E-state index is 13.2. The summed E-state index contributed by atoms with van der Waals surface area (Å²) < 4.78 is 68.7. The smallest absolute Gasteiger partial charge is 0.457 e. The van der Waals surface area contributed by atoms with Crippen LogP contribution < -0.4 is 4.74 Å². The molecule has 0 aromatic heterocycles. The third-order valence-electron chi connectivity index (χ3n) is 3.32. The number of hydrogen-bond donors (Lipinski definition) is 0.